The van der Waals surface area contributed by atoms with Crippen LogP contribution in [0, 0.1) is 0 Å². The fraction of sp³-hybridized carbons (Fsp3) is 0.130. The molecular weight excluding hydrogens is 446 g/mol. The molecule has 0 bridgehead atoms. The number of fused-ring (bicyclic) bond motifs is 1. The van der Waals surface area contributed by atoms with Crippen LogP contribution >= 0.6 is 23.4 Å². The molecule has 7 nitrogen and oxygen atoms in total. The number of benzene rings is 2. The molecule has 0 aliphatic rings. The Labute approximate surface area is 192 Å². The normalized spacial score (nSPS) is 12.3. The lowest BCUT2D eigenvalue weighted by Gasteiger charge is -2.13. The Balaban J connectivity index is 1.51. The number of thioether (sulfide) groups is 1. The summed E-state index contributed by atoms with van der Waals surface area (Å²) < 4.78 is 7.55. The highest BCUT2D eigenvalue weighted by Gasteiger charge is 2.20. The zero-order chi connectivity index (χ0) is 22.1. The lowest BCUT2D eigenvalue weighted by atomic mass is 10.2. The second kappa shape index (κ2) is 8.64. The van der Waals surface area contributed by atoms with Gasteiger partial charge in [-0.05, 0) is 55.5 Å². The monoisotopic (exact) mass is 463 g/mol. The molecule has 3 heterocycles. The summed E-state index contributed by atoms with van der Waals surface area (Å²) in [5.74, 6) is 2.07. The topological polar surface area (TPSA) is 89.6 Å². The highest BCUT2D eigenvalue weighted by Crippen LogP contribution is 2.34. The van der Waals surface area contributed by atoms with E-state index >= 15 is 0 Å². The third-order valence-corrected chi connectivity index (χ3v) is 6.35. The quantitative estimate of drug-likeness (QED) is 0.342. The number of rotatable bonds is 6. The van der Waals surface area contributed by atoms with Gasteiger partial charge in [0.15, 0.2) is 11.0 Å². The molecule has 1 atom stereocenters. The summed E-state index contributed by atoms with van der Waals surface area (Å²) in [7, 11) is 0. The Morgan fingerprint density at radius 2 is 1.91 bits per heavy atom. The van der Waals surface area contributed by atoms with Crippen molar-refractivity contribution in [2.24, 2.45) is 0 Å². The molecule has 32 heavy (non-hydrogen) atoms. The number of nitrogens with zero attached hydrogens (tertiary/aromatic N) is 4. The molecule has 2 aromatic carbocycles. The zero-order valence-corrected chi connectivity index (χ0v) is 18.6. The van der Waals surface area contributed by atoms with E-state index in [1.807, 2.05) is 66.1 Å². The molecule has 0 aliphatic heterocycles. The Hall–Kier alpha value is -3.36. The predicted octanol–water partition coefficient (Wildman–Crippen LogP) is 5.33. The van der Waals surface area contributed by atoms with E-state index in [4.69, 9.17) is 16.0 Å². The van der Waals surface area contributed by atoms with Crippen LogP contribution in [0.15, 0.2) is 81.3 Å². The molecule has 0 aliphatic carbocycles. The molecule has 5 rings (SSSR count). The molecule has 160 valence electrons. The number of nitrogens with one attached hydrogen (secondary N) is 1. The molecule has 0 saturated heterocycles. The minimum atomic E-state index is -0.162. The van der Waals surface area contributed by atoms with Gasteiger partial charge in [0.05, 0.1) is 29.0 Å². The number of hydrogen-bond acceptors (Lipinski definition) is 6. The van der Waals surface area contributed by atoms with Crippen molar-refractivity contribution in [2.45, 2.75) is 23.9 Å². The average molecular weight is 464 g/mol. The SMILES string of the molecule is C[C@H](Sc1nnc(-c2ccc(Cl)cc2)n1Cc1ccco1)c1nc2ccccc2c(=O)[nH]1. The minimum absolute atomic E-state index is 0.156. The van der Waals surface area contributed by atoms with Gasteiger partial charge in [0, 0.05) is 10.6 Å². The first-order valence-corrected chi connectivity index (χ1v) is 11.2. The minimum Gasteiger partial charge on any atom is -0.467 e. The predicted molar refractivity (Wildman–Crippen MR) is 125 cm³/mol. The molecule has 0 amide bonds. The number of halogens is 1. The molecule has 0 spiro atoms. The fourth-order valence-corrected chi connectivity index (χ4v) is 4.43. The van der Waals surface area contributed by atoms with Gasteiger partial charge in [-0.3, -0.25) is 9.36 Å². The van der Waals surface area contributed by atoms with Gasteiger partial charge in [0.2, 0.25) is 0 Å². The molecule has 5 aromatic rings. The third-order valence-electron chi connectivity index (χ3n) is 5.01. The summed E-state index contributed by atoms with van der Waals surface area (Å²) >= 11 is 7.52. The van der Waals surface area contributed by atoms with Crippen molar-refractivity contribution in [3.05, 3.63) is 93.9 Å². The molecular formula is C23H18ClN5O2S. The van der Waals surface area contributed by atoms with Crippen LogP contribution in [0.5, 0.6) is 0 Å². The molecule has 0 radical (unpaired) electrons. The number of aromatic amines is 1. The van der Waals surface area contributed by atoms with Crippen molar-refractivity contribution in [1.29, 1.82) is 0 Å². The fourth-order valence-electron chi connectivity index (χ4n) is 3.40. The summed E-state index contributed by atoms with van der Waals surface area (Å²) in [4.78, 5) is 20.0. The van der Waals surface area contributed by atoms with Crippen molar-refractivity contribution in [1.82, 2.24) is 24.7 Å². The van der Waals surface area contributed by atoms with Crippen LogP contribution in [0.3, 0.4) is 0 Å². The number of H-pyrrole nitrogens is 1. The van der Waals surface area contributed by atoms with Crippen LogP contribution in [0.4, 0.5) is 0 Å². The van der Waals surface area contributed by atoms with E-state index < -0.39 is 0 Å². The third kappa shape index (κ3) is 4.06. The van der Waals surface area contributed by atoms with E-state index in [2.05, 4.69) is 20.2 Å². The van der Waals surface area contributed by atoms with E-state index in [1.165, 1.54) is 11.8 Å². The van der Waals surface area contributed by atoms with Gasteiger partial charge in [-0.25, -0.2) is 4.98 Å². The van der Waals surface area contributed by atoms with Gasteiger partial charge in [-0.1, -0.05) is 35.5 Å². The van der Waals surface area contributed by atoms with Crippen molar-refractivity contribution in [3.8, 4) is 11.4 Å². The number of hydrogen-bond donors (Lipinski definition) is 1. The van der Waals surface area contributed by atoms with Crippen LogP contribution in [0.25, 0.3) is 22.3 Å². The van der Waals surface area contributed by atoms with Crippen LogP contribution < -0.4 is 5.56 Å². The van der Waals surface area contributed by atoms with E-state index in [0.717, 1.165) is 11.3 Å². The van der Waals surface area contributed by atoms with Gasteiger partial charge in [-0.15, -0.1) is 10.2 Å². The highest BCUT2D eigenvalue weighted by molar-refractivity contribution is 7.99. The second-order valence-corrected chi connectivity index (χ2v) is 8.95. The molecule has 1 N–H and O–H groups in total. The second-order valence-electron chi connectivity index (χ2n) is 7.21. The smallest absolute Gasteiger partial charge is 0.258 e. The van der Waals surface area contributed by atoms with Gasteiger partial charge in [-0.2, -0.15) is 0 Å². The van der Waals surface area contributed by atoms with Crippen molar-refractivity contribution in [3.63, 3.8) is 0 Å². The van der Waals surface area contributed by atoms with Gasteiger partial charge in [0.1, 0.15) is 11.6 Å². The molecule has 0 saturated carbocycles. The molecule has 0 unspecified atom stereocenters. The average Bonchev–Trinajstić information content (AvgIpc) is 3.45. The number of aromatic nitrogens is 5. The van der Waals surface area contributed by atoms with E-state index in [-0.39, 0.29) is 10.8 Å². The first kappa shape index (κ1) is 20.5. The highest BCUT2D eigenvalue weighted by atomic mass is 35.5. The van der Waals surface area contributed by atoms with E-state index in [1.54, 1.807) is 12.3 Å². The summed E-state index contributed by atoms with van der Waals surface area (Å²) in [6.07, 6.45) is 1.64. The largest absolute Gasteiger partial charge is 0.467 e. The maximum Gasteiger partial charge on any atom is 0.258 e. The van der Waals surface area contributed by atoms with Gasteiger partial charge < -0.3 is 9.40 Å². The van der Waals surface area contributed by atoms with Gasteiger partial charge in [0.25, 0.3) is 5.56 Å². The van der Waals surface area contributed by atoms with Crippen molar-refractivity contribution < 1.29 is 4.42 Å². The Kier molecular flexibility index (Phi) is 5.55. The summed E-state index contributed by atoms with van der Waals surface area (Å²) in [6.45, 7) is 2.44. The van der Waals surface area contributed by atoms with E-state index in [9.17, 15) is 4.79 Å². The number of para-hydroxylation sites is 1. The lowest BCUT2D eigenvalue weighted by Crippen LogP contribution is -2.13. The Morgan fingerprint density at radius 3 is 2.69 bits per heavy atom. The zero-order valence-electron chi connectivity index (χ0n) is 17.0. The first-order chi connectivity index (χ1) is 15.6. The molecule has 3 aromatic heterocycles. The van der Waals surface area contributed by atoms with Crippen LogP contribution in [0.2, 0.25) is 5.02 Å². The Bertz CT molecular complexity index is 1430. The van der Waals surface area contributed by atoms with Crippen molar-refractivity contribution >= 4 is 34.3 Å². The molecule has 0 fully saturated rings. The Morgan fingerprint density at radius 1 is 1.09 bits per heavy atom. The first-order valence-electron chi connectivity index (χ1n) is 9.95. The maximum absolute atomic E-state index is 12.5. The van der Waals surface area contributed by atoms with Crippen LogP contribution in [-0.4, -0.2) is 24.7 Å². The summed E-state index contributed by atoms with van der Waals surface area (Å²) in [5.41, 5.74) is 1.40. The maximum atomic E-state index is 12.5. The lowest BCUT2D eigenvalue weighted by molar-refractivity contribution is 0.485. The van der Waals surface area contributed by atoms with Crippen LogP contribution in [0.1, 0.15) is 23.8 Å². The van der Waals surface area contributed by atoms with E-state index in [0.29, 0.717) is 39.3 Å². The number of furan rings is 1. The summed E-state index contributed by atoms with van der Waals surface area (Å²) in [6, 6.07) is 18.5. The van der Waals surface area contributed by atoms with Crippen LogP contribution in [-0.2, 0) is 6.54 Å². The summed E-state index contributed by atoms with van der Waals surface area (Å²) in [5, 5.41) is 10.6. The standard InChI is InChI=1S/C23H18ClN5O2S/c1-14(20-25-19-7-3-2-6-18(19)22(30)26-20)32-23-28-27-21(15-8-10-16(24)11-9-15)29(23)13-17-5-4-12-31-17/h2-12,14H,13H2,1H3,(H,25,26,30)/t14-/m0/s1. The molecule has 9 heteroatoms. The van der Waals surface area contributed by atoms with Gasteiger partial charge >= 0.3 is 0 Å². The van der Waals surface area contributed by atoms with Crippen molar-refractivity contribution in [2.75, 3.05) is 0 Å².